The largest absolute Gasteiger partial charge is 0.495 e. The van der Waals surface area contributed by atoms with Crippen molar-refractivity contribution in [3.63, 3.8) is 0 Å². The number of likely N-dealkylation sites (tertiary alicyclic amines) is 1. The van der Waals surface area contributed by atoms with Gasteiger partial charge in [0.1, 0.15) is 23.8 Å². The number of nitrogens with zero attached hydrogens (tertiary/aromatic N) is 6. The molecule has 2 fully saturated rings. The number of pyridine rings is 1. The Kier molecular flexibility index (Phi) is 16.9. The van der Waals surface area contributed by atoms with Gasteiger partial charge in [-0.3, -0.25) is 9.69 Å². The molecule has 2 aliphatic rings. The van der Waals surface area contributed by atoms with Crippen LogP contribution >= 0.6 is 11.9 Å². The third-order valence-electron chi connectivity index (χ3n) is 13.1. The average Bonchev–Trinajstić information content (AvgIpc) is 3.90. The van der Waals surface area contributed by atoms with Gasteiger partial charge in [-0.25, -0.2) is 9.29 Å². The van der Waals surface area contributed by atoms with Crippen LogP contribution in [0.1, 0.15) is 48.4 Å². The average molecular weight is 1010 g/mol. The van der Waals surface area contributed by atoms with E-state index < -0.39 is 12.7 Å². The molecule has 0 atom stereocenters. The zero-order valence-corrected chi connectivity index (χ0v) is 42.1. The van der Waals surface area contributed by atoms with Gasteiger partial charge in [0.05, 0.1) is 49.0 Å². The first-order valence-corrected chi connectivity index (χ1v) is 24.9. The van der Waals surface area contributed by atoms with Crippen LogP contribution in [-0.2, 0) is 17.9 Å². The van der Waals surface area contributed by atoms with Crippen molar-refractivity contribution in [2.75, 3.05) is 89.6 Å². The molecule has 6 aromatic rings. The van der Waals surface area contributed by atoms with E-state index in [9.17, 15) is 18.0 Å². The van der Waals surface area contributed by atoms with Crippen molar-refractivity contribution in [1.29, 1.82) is 0 Å². The molecule has 3 aromatic carbocycles. The Bertz CT molecular complexity index is 2890. The van der Waals surface area contributed by atoms with Crippen LogP contribution < -0.4 is 30.6 Å². The van der Waals surface area contributed by atoms with Gasteiger partial charge >= 0.3 is 6.18 Å². The molecule has 8 rings (SSSR count). The first-order chi connectivity index (χ1) is 34.7. The summed E-state index contributed by atoms with van der Waals surface area (Å²) in [5.41, 5.74) is 13.4. The SMILES string of the molecule is C=C(CCC1CCN(C(=O)COc2cccc(CNc3cc(-c4c(C)noc4C)cnc3OC)c2)CC1)CN1CCN(Sc2ccc(NCC#Cc3cc4c(N)cccc4n3CC(F)(F)F)c(OC)c2)CC1. The van der Waals surface area contributed by atoms with Gasteiger partial charge in [-0.05, 0) is 123 Å². The minimum absolute atomic E-state index is 0.00112. The normalized spacial score (nSPS) is 14.7. The van der Waals surface area contributed by atoms with E-state index in [2.05, 4.69) is 48.4 Å². The summed E-state index contributed by atoms with van der Waals surface area (Å²) in [5, 5.41) is 11.3. The number of halogens is 3. The highest BCUT2D eigenvalue weighted by Gasteiger charge is 2.30. The lowest BCUT2D eigenvalue weighted by atomic mass is 9.90. The number of piperazine rings is 1. The molecule has 0 unspecified atom stereocenters. The monoisotopic (exact) mass is 1010 g/mol. The molecule has 3 aromatic heterocycles. The van der Waals surface area contributed by atoms with Gasteiger partial charge in [0.15, 0.2) is 6.61 Å². The molecular weight excluding hydrogens is 944 g/mol. The standard InChI is InChI=1S/C54H62F3N9O5S/c1-36(14-15-39-18-21-64(22-19-39)51(67)34-70-43-11-6-9-40(27-43)31-60-48-28-41(32-61-53(48)69-5)52-37(2)62-71-38(52)3)33-63-23-25-65(26-24-63)72-44-16-17-47(50(30-44)68-4)59-20-8-10-42-29-45-46(58)12-7-13-49(45)66(42)35-54(55,56)57/h6-7,9,11-13,16-17,27-30,32,39,59-60H,1,14-15,18-26,31,33-35,58H2,2-5H3. The van der Waals surface area contributed by atoms with Crippen LogP contribution in [0.2, 0.25) is 0 Å². The third-order valence-corrected chi connectivity index (χ3v) is 14.2. The maximum absolute atomic E-state index is 13.4. The second-order valence-electron chi connectivity index (χ2n) is 18.2. The van der Waals surface area contributed by atoms with Gasteiger partial charge in [0.2, 0.25) is 5.88 Å². The van der Waals surface area contributed by atoms with E-state index in [0.29, 0.717) is 46.4 Å². The van der Waals surface area contributed by atoms with Crippen LogP contribution in [0.4, 0.5) is 30.2 Å². The van der Waals surface area contributed by atoms with Crippen LogP contribution in [0, 0.1) is 31.6 Å². The maximum atomic E-state index is 13.4. The number of aromatic nitrogens is 3. The van der Waals surface area contributed by atoms with Gasteiger partial charge in [-0.15, -0.1) is 0 Å². The lowest BCUT2D eigenvalue weighted by Gasteiger charge is -2.35. The Hall–Kier alpha value is -6.81. The number of nitrogens with one attached hydrogen (secondary N) is 2. The molecule has 5 heterocycles. The van der Waals surface area contributed by atoms with Crippen molar-refractivity contribution in [1.82, 2.24) is 28.8 Å². The molecule has 0 saturated carbocycles. The van der Waals surface area contributed by atoms with Crippen LogP contribution in [0.25, 0.3) is 22.0 Å². The summed E-state index contributed by atoms with van der Waals surface area (Å²) in [7, 11) is 3.20. The van der Waals surface area contributed by atoms with Crippen LogP contribution in [0.15, 0.2) is 101 Å². The molecule has 4 N–H and O–H groups in total. The quantitative estimate of drug-likeness (QED) is 0.0306. The van der Waals surface area contributed by atoms with E-state index in [-0.39, 0.29) is 24.8 Å². The highest BCUT2D eigenvalue weighted by molar-refractivity contribution is 7.97. The summed E-state index contributed by atoms with van der Waals surface area (Å²) >= 11 is 1.69. The summed E-state index contributed by atoms with van der Waals surface area (Å²) in [6, 6.07) is 22.2. The topological polar surface area (TPSA) is 148 Å². The number of piperidine rings is 1. The summed E-state index contributed by atoms with van der Waals surface area (Å²) in [5.74, 6) is 8.91. The van der Waals surface area contributed by atoms with Gasteiger partial charge < -0.3 is 44.6 Å². The number of aryl methyl sites for hydroxylation is 2. The second-order valence-corrected chi connectivity index (χ2v) is 19.4. The molecule has 0 bridgehead atoms. The number of anilines is 3. The molecule has 2 saturated heterocycles. The number of nitrogen functional groups attached to an aromatic ring is 1. The van der Waals surface area contributed by atoms with E-state index in [1.807, 2.05) is 67.3 Å². The van der Waals surface area contributed by atoms with E-state index in [4.69, 9.17) is 24.5 Å². The molecule has 0 spiro atoms. The number of amides is 1. The zero-order chi connectivity index (χ0) is 50.8. The van der Waals surface area contributed by atoms with E-state index in [0.717, 1.165) is 120 Å². The minimum atomic E-state index is -4.41. The number of hydrogen-bond donors (Lipinski definition) is 3. The predicted molar refractivity (Wildman–Crippen MR) is 277 cm³/mol. The number of alkyl halides is 3. The second kappa shape index (κ2) is 23.6. The molecule has 14 nitrogen and oxygen atoms in total. The maximum Gasteiger partial charge on any atom is 0.406 e. The minimum Gasteiger partial charge on any atom is -0.495 e. The van der Waals surface area contributed by atoms with E-state index in [1.165, 1.54) is 5.57 Å². The van der Waals surface area contributed by atoms with Crippen molar-refractivity contribution in [2.45, 2.75) is 63.7 Å². The number of benzene rings is 3. The fourth-order valence-corrected chi connectivity index (χ4v) is 10.2. The number of ether oxygens (including phenoxy) is 3. The number of carbonyl (C=O) groups excluding carboxylic acids is 1. The summed E-state index contributed by atoms with van der Waals surface area (Å²) in [6.07, 6.45) is 1.33. The van der Waals surface area contributed by atoms with Gasteiger partial charge in [0, 0.05) is 85.7 Å². The number of methoxy groups -OCH3 is 2. The fraction of sp³-hybridized carbons (Fsp3) is 0.389. The number of rotatable bonds is 19. The highest BCUT2D eigenvalue weighted by atomic mass is 32.2. The zero-order valence-electron chi connectivity index (χ0n) is 41.2. The van der Waals surface area contributed by atoms with Crippen molar-refractivity contribution in [2.24, 2.45) is 5.92 Å². The number of fused-ring (bicyclic) bond motifs is 1. The number of hydrogen-bond acceptors (Lipinski definition) is 13. The van der Waals surface area contributed by atoms with Crippen molar-refractivity contribution in [3.05, 3.63) is 114 Å². The molecule has 380 valence electrons. The van der Waals surface area contributed by atoms with Gasteiger partial charge in [-0.2, -0.15) is 13.2 Å². The van der Waals surface area contributed by atoms with Crippen molar-refractivity contribution >= 4 is 45.8 Å². The smallest absolute Gasteiger partial charge is 0.406 e. The van der Waals surface area contributed by atoms with Crippen LogP contribution in [-0.4, -0.2) is 114 Å². The lowest BCUT2D eigenvalue weighted by Crippen LogP contribution is -2.44. The molecule has 18 heteroatoms. The number of nitrogens with two attached hydrogens (primary N) is 1. The fourth-order valence-electron chi connectivity index (χ4n) is 9.26. The van der Waals surface area contributed by atoms with Crippen LogP contribution in [0.5, 0.6) is 17.4 Å². The number of carbonyl (C=O) groups is 1. The lowest BCUT2D eigenvalue weighted by molar-refractivity contribution is -0.140. The van der Waals surface area contributed by atoms with Crippen LogP contribution in [0.3, 0.4) is 0 Å². The summed E-state index contributed by atoms with van der Waals surface area (Å²) < 4.78 is 66.4. The third kappa shape index (κ3) is 13.4. The Balaban J connectivity index is 0.714. The summed E-state index contributed by atoms with van der Waals surface area (Å²) in [4.78, 5) is 23.1. The van der Waals surface area contributed by atoms with E-state index in [1.54, 1.807) is 56.6 Å². The van der Waals surface area contributed by atoms with Gasteiger partial charge in [0.25, 0.3) is 5.91 Å². The Labute approximate surface area is 423 Å². The molecule has 0 radical (unpaired) electrons. The van der Waals surface area contributed by atoms with E-state index >= 15 is 0 Å². The molecule has 72 heavy (non-hydrogen) atoms. The summed E-state index contributed by atoms with van der Waals surface area (Å²) in [6.45, 7) is 13.8. The Morgan fingerprint density at radius 1 is 0.958 bits per heavy atom. The van der Waals surface area contributed by atoms with Crippen molar-refractivity contribution < 1.29 is 36.7 Å². The molecule has 0 aliphatic carbocycles. The molecule has 2 aliphatic heterocycles. The first kappa shape index (κ1) is 51.5. The predicted octanol–water partition coefficient (Wildman–Crippen LogP) is 9.82. The Morgan fingerprint density at radius 3 is 2.49 bits per heavy atom. The van der Waals surface area contributed by atoms with Crippen molar-refractivity contribution in [3.8, 4) is 40.3 Å². The van der Waals surface area contributed by atoms with Gasteiger partial charge in [-0.1, -0.05) is 41.4 Å². The molecule has 1 amide bonds. The molecular formula is C54H62F3N9O5S. The first-order valence-electron chi connectivity index (χ1n) is 24.1. The Morgan fingerprint density at radius 2 is 1.75 bits per heavy atom. The highest BCUT2D eigenvalue weighted by Crippen LogP contribution is 2.35.